The van der Waals surface area contributed by atoms with Crippen LogP contribution in [0.15, 0.2) is 0 Å². The van der Waals surface area contributed by atoms with Gasteiger partial charge in [-0.25, -0.2) is 4.79 Å². The molecule has 1 rings (SSSR count). The molecule has 0 bridgehead atoms. The SMILES string of the molecule is CCOC(=O)C1CCCN1C(=O)C(C)CCl. The topological polar surface area (TPSA) is 46.6 Å². The summed E-state index contributed by atoms with van der Waals surface area (Å²) in [5.74, 6) is -0.303. The number of rotatable bonds is 4. The molecule has 0 saturated carbocycles. The number of likely N-dealkylation sites (tertiary alicyclic amines) is 1. The van der Waals surface area contributed by atoms with Crippen LogP contribution in [0, 0.1) is 5.92 Å². The summed E-state index contributed by atoms with van der Waals surface area (Å²) < 4.78 is 4.95. The van der Waals surface area contributed by atoms with E-state index in [9.17, 15) is 9.59 Å². The number of esters is 1. The molecule has 5 heteroatoms. The molecule has 0 spiro atoms. The third kappa shape index (κ3) is 2.88. The van der Waals surface area contributed by atoms with Crippen LogP contribution in [0.3, 0.4) is 0 Å². The van der Waals surface area contributed by atoms with Crippen molar-refractivity contribution < 1.29 is 14.3 Å². The third-order valence-corrected chi connectivity index (χ3v) is 3.21. The Balaban J connectivity index is 2.65. The Labute approximate surface area is 101 Å². The van der Waals surface area contributed by atoms with Crippen molar-refractivity contribution in [2.45, 2.75) is 32.7 Å². The zero-order chi connectivity index (χ0) is 12.1. The van der Waals surface area contributed by atoms with E-state index in [4.69, 9.17) is 16.3 Å². The van der Waals surface area contributed by atoms with Gasteiger partial charge < -0.3 is 9.64 Å². The second-order valence-corrected chi connectivity index (χ2v) is 4.31. The highest BCUT2D eigenvalue weighted by Crippen LogP contribution is 2.21. The van der Waals surface area contributed by atoms with Crippen molar-refractivity contribution in [1.82, 2.24) is 4.90 Å². The number of hydrogen-bond acceptors (Lipinski definition) is 3. The smallest absolute Gasteiger partial charge is 0.328 e. The summed E-state index contributed by atoms with van der Waals surface area (Å²) in [7, 11) is 0. The van der Waals surface area contributed by atoms with Crippen LogP contribution in [0.1, 0.15) is 26.7 Å². The first-order chi connectivity index (χ1) is 7.61. The maximum atomic E-state index is 11.9. The van der Waals surface area contributed by atoms with Gasteiger partial charge in [0.15, 0.2) is 0 Å². The molecule has 1 aliphatic rings. The summed E-state index contributed by atoms with van der Waals surface area (Å²) in [5.41, 5.74) is 0. The second kappa shape index (κ2) is 6.09. The number of alkyl halides is 1. The Hall–Kier alpha value is -0.770. The predicted molar refractivity (Wildman–Crippen MR) is 61.3 cm³/mol. The highest BCUT2D eigenvalue weighted by atomic mass is 35.5. The van der Waals surface area contributed by atoms with Gasteiger partial charge in [0.05, 0.1) is 6.61 Å². The summed E-state index contributed by atoms with van der Waals surface area (Å²) in [5, 5.41) is 0. The Morgan fingerprint density at radius 3 is 2.81 bits per heavy atom. The average Bonchev–Trinajstić information content (AvgIpc) is 2.76. The zero-order valence-corrected chi connectivity index (χ0v) is 10.5. The normalized spacial score (nSPS) is 21.9. The molecular formula is C11H18ClNO3. The Bertz CT molecular complexity index is 270. The number of carbonyl (C=O) groups is 2. The summed E-state index contributed by atoms with van der Waals surface area (Å²) in [6.07, 6.45) is 1.55. The summed E-state index contributed by atoms with van der Waals surface area (Å²) >= 11 is 5.65. The largest absolute Gasteiger partial charge is 0.464 e. The molecular weight excluding hydrogens is 230 g/mol. The minimum absolute atomic E-state index is 0.0504. The number of ether oxygens (including phenoxy) is 1. The number of amides is 1. The average molecular weight is 248 g/mol. The fourth-order valence-electron chi connectivity index (χ4n) is 1.86. The van der Waals surface area contributed by atoms with E-state index in [0.717, 1.165) is 6.42 Å². The van der Waals surface area contributed by atoms with E-state index in [-0.39, 0.29) is 23.7 Å². The van der Waals surface area contributed by atoms with Gasteiger partial charge in [-0.2, -0.15) is 0 Å². The lowest BCUT2D eigenvalue weighted by atomic mass is 10.1. The molecule has 2 atom stereocenters. The fourth-order valence-corrected chi connectivity index (χ4v) is 2.00. The van der Waals surface area contributed by atoms with Crippen molar-refractivity contribution in [2.24, 2.45) is 5.92 Å². The van der Waals surface area contributed by atoms with Crippen LogP contribution in [0.5, 0.6) is 0 Å². The van der Waals surface area contributed by atoms with E-state index < -0.39 is 6.04 Å². The van der Waals surface area contributed by atoms with Gasteiger partial charge in [0.2, 0.25) is 5.91 Å². The minimum Gasteiger partial charge on any atom is -0.464 e. The van der Waals surface area contributed by atoms with Crippen molar-refractivity contribution in [3.05, 3.63) is 0 Å². The van der Waals surface area contributed by atoms with Gasteiger partial charge >= 0.3 is 5.97 Å². The van der Waals surface area contributed by atoms with Gasteiger partial charge in [-0.1, -0.05) is 6.92 Å². The lowest BCUT2D eigenvalue weighted by Gasteiger charge is -2.25. The van der Waals surface area contributed by atoms with Crippen LogP contribution in [0.2, 0.25) is 0 Å². The fraction of sp³-hybridized carbons (Fsp3) is 0.818. The predicted octanol–water partition coefficient (Wildman–Crippen LogP) is 1.42. The van der Waals surface area contributed by atoms with Crippen molar-refractivity contribution >= 4 is 23.5 Å². The maximum absolute atomic E-state index is 11.9. The summed E-state index contributed by atoms with van der Waals surface area (Å²) in [6.45, 7) is 4.52. The highest BCUT2D eigenvalue weighted by Gasteiger charge is 2.36. The van der Waals surface area contributed by atoms with Crippen LogP contribution in [-0.2, 0) is 14.3 Å². The first kappa shape index (κ1) is 13.3. The van der Waals surface area contributed by atoms with Gasteiger partial charge in [-0.15, -0.1) is 11.6 Å². The monoisotopic (exact) mass is 247 g/mol. The van der Waals surface area contributed by atoms with E-state index in [1.54, 1.807) is 18.7 Å². The van der Waals surface area contributed by atoms with Crippen molar-refractivity contribution in [3.63, 3.8) is 0 Å². The van der Waals surface area contributed by atoms with Crippen LogP contribution in [0.25, 0.3) is 0 Å². The molecule has 1 amide bonds. The summed E-state index contributed by atoms with van der Waals surface area (Å²) in [6, 6.07) is -0.405. The third-order valence-electron chi connectivity index (χ3n) is 2.75. The molecule has 4 nitrogen and oxygen atoms in total. The van der Waals surface area contributed by atoms with Crippen molar-refractivity contribution in [1.29, 1.82) is 0 Å². The molecule has 1 fully saturated rings. The van der Waals surface area contributed by atoms with Crippen LogP contribution >= 0.6 is 11.6 Å². The van der Waals surface area contributed by atoms with Crippen LogP contribution in [0.4, 0.5) is 0 Å². The first-order valence-corrected chi connectivity index (χ1v) is 6.18. The van der Waals surface area contributed by atoms with Gasteiger partial charge in [0, 0.05) is 18.3 Å². The molecule has 1 aliphatic heterocycles. The van der Waals surface area contributed by atoms with E-state index in [2.05, 4.69) is 0 Å². The Morgan fingerprint density at radius 1 is 1.56 bits per heavy atom. The van der Waals surface area contributed by atoms with Crippen molar-refractivity contribution in [3.8, 4) is 0 Å². The molecule has 0 aromatic rings. The molecule has 2 unspecified atom stereocenters. The molecule has 0 aliphatic carbocycles. The van der Waals surface area contributed by atoms with E-state index in [1.807, 2.05) is 0 Å². The number of nitrogens with zero attached hydrogens (tertiary/aromatic N) is 1. The lowest BCUT2D eigenvalue weighted by molar-refractivity contribution is -0.153. The standard InChI is InChI=1S/C11H18ClNO3/c1-3-16-11(15)9-5-4-6-13(9)10(14)8(2)7-12/h8-9H,3-7H2,1-2H3. The number of halogens is 1. The van der Waals surface area contributed by atoms with Crippen LogP contribution in [-0.4, -0.2) is 41.8 Å². The van der Waals surface area contributed by atoms with Gasteiger partial charge in [0.1, 0.15) is 6.04 Å². The molecule has 0 radical (unpaired) electrons. The zero-order valence-electron chi connectivity index (χ0n) is 9.74. The van der Waals surface area contributed by atoms with E-state index in [0.29, 0.717) is 19.6 Å². The Kier molecular flexibility index (Phi) is 5.06. The van der Waals surface area contributed by atoms with E-state index >= 15 is 0 Å². The molecule has 1 heterocycles. The maximum Gasteiger partial charge on any atom is 0.328 e. The van der Waals surface area contributed by atoms with Crippen molar-refractivity contribution in [2.75, 3.05) is 19.0 Å². The number of hydrogen-bond donors (Lipinski definition) is 0. The molecule has 0 aromatic carbocycles. The van der Waals surface area contributed by atoms with Gasteiger partial charge in [-0.3, -0.25) is 4.79 Å². The van der Waals surface area contributed by atoms with E-state index in [1.165, 1.54) is 0 Å². The van der Waals surface area contributed by atoms with Gasteiger partial charge in [0.25, 0.3) is 0 Å². The summed E-state index contributed by atoms with van der Waals surface area (Å²) in [4.78, 5) is 25.2. The lowest BCUT2D eigenvalue weighted by Crippen LogP contribution is -2.44. The molecule has 0 aromatic heterocycles. The molecule has 1 saturated heterocycles. The van der Waals surface area contributed by atoms with Gasteiger partial charge in [-0.05, 0) is 19.8 Å². The second-order valence-electron chi connectivity index (χ2n) is 4.00. The number of carbonyl (C=O) groups excluding carboxylic acids is 2. The first-order valence-electron chi connectivity index (χ1n) is 5.64. The highest BCUT2D eigenvalue weighted by molar-refractivity contribution is 6.19. The van der Waals surface area contributed by atoms with Crippen LogP contribution < -0.4 is 0 Å². The molecule has 0 N–H and O–H groups in total. The Morgan fingerprint density at radius 2 is 2.25 bits per heavy atom. The molecule has 92 valence electrons. The molecule has 16 heavy (non-hydrogen) atoms. The minimum atomic E-state index is -0.405. The quantitative estimate of drug-likeness (QED) is 0.558.